The van der Waals surface area contributed by atoms with E-state index in [1.165, 1.54) is 25.7 Å². The first kappa shape index (κ1) is 20.8. The van der Waals surface area contributed by atoms with Gasteiger partial charge in [0.25, 0.3) is 5.91 Å². The molecule has 0 saturated carbocycles. The molecule has 6 nitrogen and oxygen atoms in total. The molecule has 1 aromatic heterocycles. The number of nitrogens with zero attached hydrogens (tertiary/aromatic N) is 3. The molecular formula is C25H28N4O2. The first-order valence-electron chi connectivity index (χ1n) is 10.9. The van der Waals surface area contributed by atoms with Crippen LogP contribution in [0.3, 0.4) is 0 Å². The Bertz CT molecular complexity index is 967. The second kappa shape index (κ2) is 10.1. The zero-order chi connectivity index (χ0) is 21.5. The molecule has 1 unspecified atom stereocenters. The second-order valence-electron chi connectivity index (χ2n) is 7.82. The third-order valence-electron chi connectivity index (χ3n) is 5.45. The highest BCUT2D eigenvalue weighted by atomic mass is 16.5. The summed E-state index contributed by atoms with van der Waals surface area (Å²) in [5, 5.41) is 11.8. The first-order valence-corrected chi connectivity index (χ1v) is 10.9. The van der Waals surface area contributed by atoms with E-state index in [0.717, 1.165) is 30.2 Å². The summed E-state index contributed by atoms with van der Waals surface area (Å²) in [5.74, 6) is 1.42. The van der Waals surface area contributed by atoms with E-state index in [1.807, 2.05) is 66.7 Å². The molecule has 1 fully saturated rings. The average molecular weight is 417 g/mol. The Hall–Kier alpha value is -3.41. The molecule has 1 aliphatic rings. The number of aromatic nitrogens is 2. The van der Waals surface area contributed by atoms with Crippen LogP contribution in [-0.4, -0.2) is 35.3 Å². The van der Waals surface area contributed by atoms with Gasteiger partial charge in [-0.2, -0.15) is 0 Å². The van der Waals surface area contributed by atoms with Gasteiger partial charge in [-0.05, 0) is 56.2 Å². The van der Waals surface area contributed by atoms with Crippen molar-refractivity contribution in [1.82, 2.24) is 10.2 Å². The number of carbonyl (C=O) groups excluding carboxylic acids is 1. The number of hydrogen-bond acceptors (Lipinski definition) is 5. The molecule has 0 radical (unpaired) electrons. The smallest absolute Gasteiger partial charge is 0.265 e. The summed E-state index contributed by atoms with van der Waals surface area (Å²) in [6.07, 6.45) is 4.42. The standard InChI is InChI=1S/C25H28N4O2/c1-19(31-22-9-5-4-6-10-22)25(30)26-21-13-11-20(12-14-21)23-15-16-24(28-27-23)29-17-7-2-3-8-18-29/h4-6,9-16,19H,2-3,7-8,17-18H2,1H3,(H,26,30). The lowest BCUT2D eigenvalue weighted by molar-refractivity contribution is -0.122. The van der Waals surface area contributed by atoms with Gasteiger partial charge in [0.15, 0.2) is 11.9 Å². The Morgan fingerprint density at radius 2 is 1.61 bits per heavy atom. The maximum Gasteiger partial charge on any atom is 0.265 e. The van der Waals surface area contributed by atoms with Crippen molar-refractivity contribution in [3.8, 4) is 17.0 Å². The largest absolute Gasteiger partial charge is 0.481 e. The van der Waals surface area contributed by atoms with Crippen molar-refractivity contribution in [3.05, 3.63) is 66.7 Å². The van der Waals surface area contributed by atoms with E-state index in [9.17, 15) is 4.79 Å². The fraction of sp³-hybridized carbons (Fsp3) is 0.320. The lowest BCUT2D eigenvalue weighted by Crippen LogP contribution is -2.30. The van der Waals surface area contributed by atoms with Gasteiger partial charge in [-0.1, -0.05) is 43.2 Å². The molecule has 2 aromatic carbocycles. The third kappa shape index (κ3) is 5.60. The van der Waals surface area contributed by atoms with Gasteiger partial charge >= 0.3 is 0 Å². The van der Waals surface area contributed by atoms with Crippen LogP contribution in [0.5, 0.6) is 5.75 Å². The van der Waals surface area contributed by atoms with Crippen LogP contribution in [0.2, 0.25) is 0 Å². The minimum absolute atomic E-state index is 0.196. The minimum Gasteiger partial charge on any atom is -0.481 e. The molecule has 3 aromatic rings. The molecule has 0 bridgehead atoms. The van der Waals surface area contributed by atoms with Crippen molar-refractivity contribution in [1.29, 1.82) is 0 Å². The Balaban J connectivity index is 1.36. The van der Waals surface area contributed by atoms with Crippen LogP contribution in [0.15, 0.2) is 66.7 Å². The Morgan fingerprint density at radius 3 is 2.26 bits per heavy atom. The molecule has 1 saturated heterocycles. The Kier molecular flexibility index (Phi) is 6.77. The molecule has 1 amide bonds. The zero-order valence-electron chi connectivity index (χ0n) is 17.8. The second-order valence-corrected chi connectivity index (χ2v) is 7.82. The van der Waals surface area contributed by atoms with Gasteiger partial charge in [-0.25, -0.2) is 0 Å². The first-order chi connectivity index (χ1) is 15.2. The monoisotopic (exact) mass is 416 g/mol. The highest BCUT2D eigenvalue weighted by Crippen LogP contribution is 2.22. The topological polar surface area (TPSA) is 67.3 Å². The fourth-order valence-electron chi connectivity index (χ4n) is 3.67. The molecule has 1 aliphatic heterocycles. The predicted octanol–water partition coefficient (Wildman–Crippen LogP) is 4.93. The number of nitrogens with one attached hydrogen (secondary N) is 1. The summed E-state index contributed by atoms with van der Waals surface area (Å²) in [6, 6.07) is 21.0. The number of carbonyl (C=O) groups is 1. The number of ether oxygens (including phenoxy) is 1. The van der Waals surface area contributed by atoms with E-state index in [4.69, 9.17) is 4.74 Å². The molecule has 1 N–H and O–H groups in total. The van der Waals surface area contributed by atoms with E-state index in [1.54, 1.807) is 6.92 Å². The molecular weight excluding hydrogens is 388 g/mol. The van der Waals surface area contributed by atoms with E-state index in [2.05, 4.69) is 20.4 Å². The minimum atomic E-state index is -0.598. The van der Waals surface area contributed by atoms with Gasteiger partial charge in [0.2, 0.25) is 0 Å². The average Bonchev–Trinajstić information content (AvgIpc) is 3.10. The molecule has 2 heterocycles. The van der Waals surface area contributed by atoms with E-state index in [-0.39, 0.29) is 5.91 Å². The summed E-state index contributed by atoms with van der Waals surface area (Å²) in [6.45, 7) is 3.84. The van der Waals surface area contributed by atoms with Crippen molar-refractivity contribution in [2.75, 3.05) is 23.3 Å². The molecule has 4 rings (SSSR count). The van der Waals surface area contributed by atoms with Crippen LogP contribution in [0.25, 0.3) is 11.3 Å². The van der Waals surface area contributed by atoms with Crippen LogP contribution < -0.4 is 15.0 Å². The van der Waals surface area contributed by atoms with Gasteiger partial charge < -0.3 is 15.0 Å². The van der Waals surface area contributed by atoms with Crippen molar-refractivity contribution >= 4 is 17.4 Å². The predicted molar refractivity (Wildman–Crippen MR) is 123 cm³/mol. The van der Waals surface area contributed by atoms with Crippen LogP contribution in [0, 0.1) is 0 Å². The highest BCUT2D eigenvalue weighted by Gasteiger charge is 2.15. The van der Waals surface area contributed by atoms with Crippen LogP contribution >= 0.6 is 0 Å². The fourth-order valence-corrected chi connectivity index (χ4v) is 3.67. The van der Waals surface area contributed by atoms with Gasteiger partial charge in [-0.15, -0.1) is 10.2 Å². The summed E-state index contributed by atoms with van der Waals surface area (Å²) < 4.78 is 5.68. The zero-order valence-corrected chi connectivity index (χ0v) is 17.8. The molecule has 0 aliphatic carbocycles. The van der Waals surface area contributed by atoms with Crippen molar-refractivity contribution in [2.45, 2.75) is 38.7 Å². The van der Waals surface area contributed by atoms with Gasteiger partial charge in [-0.3, -0.25) is 4.79 Å². The van der Waals surface area contributed by atoms with Crippen molar-refractivity contribution in [3.63, 3.8) is 0 Å². The van der Waals surface area contributed by atoms with Crippen LogP contribution in [0.1, 0.15) is 32.6 Å². The van der Waals surface area contributed by atoms with Gasteiger partial charge in [0.05, 0.1) is 5.69 Å². The maximum atomic E-state index is 12.4. The van der Waals surface area contributed by atoms with Gasteiger partial charge in [0, 0.05) is 24.3 Å². The Labute approximate surface area is 183 Å². The number of benzene rings is 2. The third-order valence-corrected chi connectivity index (χ3v) is 5.45. The van der Waals surface area contributed by atoms with Crippen LogP contribution in [0.4, 0.5) is 11.5 Å². The normalized spacial score (nSPS) is 15.1. The molecule has 0 spiro atoms. The van der Waals surface area contributed by atoms with Crippen molar-refractivity contribution in [2.24, 2.45) is 0 Å². The maximum absolute atomic E-state index is 12.4. The van der Waals surface area contributed by atoms with E-state index in [0.29, 0.717) is 11.4 Å². The van der Waals surface area contributed by atoms with E-state index >= 15 is 0 Å². The summed E-state index contributed by atoms with van der Waals surface area (Å²) in [5.41, 5.74) is 2.49. The van der Waals surface area contributed by atoms with E-state index < -0.39 is 6.10 Å². The van der Waals surface area contributed by atoms with Crippen molar-refractivity contribution < 1.29 is 9.53 Å². The lowest BCUT2D eigenvalue weighted by Gasteiger charge is -2.20. The Morgan fingerprint density at radius 1 is 0.903 bits per heavy atom. The van der Waals surface area contributed by atoms with Gasteiger partial charge in [0.1, 0.15) is 5.75 Å². The quantitative estimate of drug-likeness (QED) is 0.617. The lowest BCUT2D eigenvalue weighted by atomic mass is 10.1. The molecule has 6 heteroatoms. The SMILES string of the molecule is CC(Oc1ccccc1)C(=O)Nc1ccc(-c2ccc(N3CCCCCC3)nn2)cc1. The number of rotatable bonds is 6. The molecule has 31 heavy (non-hydrogen) atoms. The molecule has 1 atom stereocenters. The summed E-state index contributed by atoms with van der Waals surface area (Å²) in [7, 11) is 0. The van der Waals surface area contributed by atoms with Crippen LogP contribution in [-0.2, 0) is 4.79 Å². The molecule has 160 valence electrons. The number of hydrogen-bond donors (Lipinski definition) is 1. The summed E-state index contributed by atoms with van der Waals surface area (Å²) in [4.78, 5) is 14.7. The summed E-state index contributed by atoms with van der Waals surface area (Å²) >= 11 is 0. The highest BCUT2D eigenvalue weighted by molar-refractivity contribution is 5.94. The number of anilines is 2. The number of amides is 1. The number of para-hydroxylation sites is 1.